The van der Waals surface area contributed by atoms with Gasteiger partial charge in [0.05, 0.1) is 5.69 Å². The summed E-state index contributed by atoms with van der Waals surface area (Å²) in [7, 11) is 0. The Balaban J connectivity index is 1.54. The number of amides is 2. The molecule has 0 atom stereocenters. The van der Waals surface area contributed by atoms with E-state index in [0.717, 1.165) is 27.4 Å². The number of rotatable bonds is 3. The van der Waals surface area contributed by atoms with Crippen LogP contribution < -0.4 is 10.6 Å². The molecule has 2 heterocycles. The Morgan fingerprint density at radius 3 is 2.74 bits per heavy atom. The summed E-state index contributed by atoms with van der Waals surface area (Å²) >= 11 is 7.37. The Kier molecular flexibility index (Phi) is 4.68. The number of nitrogens with zero attached hydrogens (tertiary/aromatic N) is 1. The lowest BCUT2D eigenvalue weighted by Gasteiger charge is -2.17. The van der Waals surface area contributed by atoms with Gasteiger partial charge in [-0.3, -0.25) is 14.9 Å². The third kappa shape index (κ3) is 3.72. The molecule has 0 spiro atoms. The molecule has 2 N–H and O–H groups in total. The molecule has 3 aromatic rings. The van der Waals surface area contributed by atoms with E-state index in [4.69, 9.17) is 11.6 Å². The van der Waals surface area contributed by atoms with Gasteiger partial charge in [0.1, 0.15) is 0 Å². The van der Waals surface area contributed by atoms with Crippen molar-refractivity contribution in [2.24, 2.45) is 0 Å². The SMILES string of the molecule is Cc1sc(NC(=O)c2ccc3c(c2)CCC(=O)N3)nc1-c1ccc(Cl)cc1. The molecule has 1 aliphatic heterocycles. The molecule has 2 amide bonds. The first-order valence-electron chi connectivity index (χ1n) is 8.47. The van der Waals surface area contributed by atoms with E-state index in [2.05, 4.69) is 15.6 Å². The van der Waals surface area contributed by atoms with Crippen molar-refractivity contribution in [2.45, 2.75) is 19.8 Å². The van der Waals surface area contributed by atoms with Gasteiger partial charge >= 0.3 is 0 Å². The van der Waals surface area contributed by atoms with Gasteiger partial charge in [0, 0.05) is 33.1 Å². The zero-order valence-corrected chi connectivity index (χ0v) is 16.1. The van der Waals surface area contributed by atoms with E-state index >= 15 is 0 Å². The van der Waals surface area contributed by atoms with Crippen LogP contribution in [0.3, 0.4) is 0 Å². The molecule has 0 radical (unpaired) electrons. The highest BCUT2D eigenvalue weighted by atomic mass is 35.5. The normalized spacial score (nSPS) is 13.0. The molecule has 4 rings (SSSR count). The Labute approximate surface area is 165 Å². The Hall–Kier alpha value is -2.70. The average molecular weight is 398 g/mol. The second-order valence-electron chi connectivity index (χ2n) is 6.30. The molecule has 7 heteroatoms. The van der Waals surface area contributed by atoms with Crippen molar-refractivity contribution in [3.63, 3.8) is 0 Å². The number of nitrogens with one attached hydrogen (secondary N) is 2. The lowest BCUT2D eigenvalue weighted by atomic mass is 10.0. The third-order valence-corrected chi connectivity index (χ3v) is 5.54. The fraction of sp³-hybridized carbons (Fsp3) is 0.150. The molecule has 0 saturated carbocycles. The number of aromatic nitrogens is 1. The molecule has 0 fully saturated rings. The highest BCUT2D eigenvalue weighted by Crippen LogP contribution is 2.31. The fourth-order valence-electron chi connectivity index (χ4n) is 3.02. The second-order valence-corrected chi connectivity index (χ2v) is 7.94. The average Bonchev–Trinajstić information content (AvgIpc) is 3.02. The monoisotopic (exact) mass is 397 g/mol. The molecular formula is C20H16ClN3O2S. The number of aryl methyl sites for hydroxylation is 2. The van der Waals surface area contributed by atoms with E-state index in [-0.39, 0.29) is 11.8 Å². The second kappa shape index (κ2) is 7.13. The number of thiazole rings is 1. The topological polar surface area (TPSA) is 71.1 Å². The molecule has 27 heavy (non-hydrogen) atoms. The summed E-state index contributed by atoms with van der Waals surface area (Å²) in [5, 5.41) is 6.91. The molecule has 0 saturated heterocycles. The highest BCUT2D eigenvalue weighted by Gasteiger charge is 2.18. The van der Waals surface area contributed by atoms with E-state index in [1.165, 1.54) is 11.3 Å². The van der Waals surface area contributed by atoms with E-state index < -0.39 is 0 Å². The largest absolute Gasteiger partial charge is 0.326 e. The van der Waals surface area contributed by atoms with Crippen LogP contribution >= 0.6 is 22.9 Å². The van der Waals surface area contributed by atoms with Crippen molar-refractivity contribution < 1.29 is 9.59 Å². The van der Waals surface area contributed by atoms with Crippen LogP contribution in [0.2, 0.25) is 5.02 Å². The van der Waals surface area contributed by atoms with Crippen LogP contribution in [0.5, 0.6) is 0 Å². The summed E-state index contributed by atoms with van der Waals surface area (Å²) in [6.45, 7) is 1.97. The molecule has 0 unspecified atom stereocenters. The Bertz CT molecular complexity index is 1040. The van der Waals surface area contributed by atoms with Gasteiger partial charge in [0.2, 0.25) is 5.91 Å². The number of carbonyl (C=O) groups is 2. The van der Waals surface area contributed by atoms with Gasteiger partial charge < -0.3 is 5.32 Å². The minimum Gasteiger partial charge on any atom is -0.326 e. The first-order chi connectivity index (χ1) is 13.0. The summed E-state index contributed by atoms with van der Waals surface area (Å²) < 4.78 is 0. The van der Waals surface area contributed by atoms with Crippen LogP contribution in [0, 0.1) is 6.92 Å². The van der Waals surface area contributed by atoms with Crippen molar-refractivity contribution in [3.8, 4) is 11.3 Å². The van der Waals surface area contributed by atoms with Gasteiger partial charge in [-0.2, -0.15) is 0 Å². The smallest absolute Gasteiger partial charge is 0.257 e. The summed E-state index contributed by atoms with van der Waals surface area (Å²) in [6.07, 6.45) is 1.08. The van der Waals surface area contributed by atoms with Gasteiger partial charge in [0.15, 0.2) is 5.13 Å². The number of anilines is 2. The molecule has 0 aliphatic carbocycles. The lowest BCUT2D eigenvalue weighted by Crippen LogP contribution is -2.20. The van der Waals surface area contributed by atoms with Crippen molar-refractivity contribution in [1.29, 1.82) is 0 Å². The van der Waals surface area contributed by atoms with Crippen LogP contribution in [-0.4, -0.2) is 16.8 Å². The van der Waals surface area contributed by atoms with Gasteiger partial charge in [-0.1, -0.05) is 23.7 Å². The van der Waals surface area contributed by atoms with Crippen molar-refractivity contribution in [1.82, 2.24) is 4.98 Å². The van der Waals surface area contributed by atoms with Crippen LogP contribution in [0.15, 0.2) is 42.5 Å². The summed E-state index contributed by atoms with van der Waals surface area (Å²) in [6, 6.07) is 12.8. The van der Waals surface area contributed by atoms with Crippen LogP contribution in [0.1, 0.15) is 27.2 Å². The maximum absolute atomic E-state index is 12.6. The molecular weight excluding hydrogens is 382 g/mol. The predicted octanol–water partition coefficient (Wildman–Crippen LogP) is 4.91. The lowest BCUT2D eigenvalue weighted by molar-refractivity contribution is -0.116. The zero-order chi connectivity index (χ0) is 19.0. The van der Waals surface area contributed by atoms with Gasteiger partial charge in [-0.15, -0.1) is 11.3 Å². The molecule has 5 nitrogen and oxygen atoms in total. The molecule has 1 aliphatic rings. The summed E-state index contributed by atoms with van der Waals surface area (Å²) in [5.41, 5.74) is 4.08. The van der Waals surface area contributed by atoms with E-state index in [1.54, 1.807) is 12.1 Å². The van der Waals surface area contributed by atoms with E-state index in [0.29, 0.717) is 28.6 Å². The quantitative estimate of drug-likeness (QED) is 0.659. The number of carbonyl (C=O) groups excluding carboxylic acids is 2. The van der Waals surface area contributed by atoms with Gasteiger partial charge in [-0.05, 0) is 49.2 Å². The van der Waals surface area contributed by atoms with E-state index in [9.17, 15) is 9.59 Å². The van der Waals surface area contributed by atoms with Crippen LogP contribution in [0.4, 0.5) is 10.8 Å². The third-order valence-electron chi connectivity index (χ3n) is 4.40. The molecule has 2 aromatic carbocycles. The minimum atomic E-state index is -0.217. The van der Waals surface area contributed by atoms with Crippen molar-refractivity contribution in [2.75, 3.05) is 10.6 Å². The Morgan fingerprint density at radius 2 is 1.96 bits per heavy atom. The van der Waals surface area contributed by atoms with Crippen molar-refractivity contribution in [3.05, 3.63) is 63.5 Å². The van der Waals surface area contributed by atoms with E-state index in [1.807, 2.05) is 37.3 Å². The van der Waals surface area contributed by atoms with Crippen LogP contribution in [-0.2, 0) is 11.2 Å². The standard InChI is InChI=1S/C20H16ClN3O2S/c1-11-18(12-2-6-15(21)7-3-12)23-20(27-11)24-19(26)14-4-8-16-13(10-14)5-9-17(25)22-16/h2-4,6-8,10H,5,9H2,1H3,(H,22,25)(H,23,24,26). The number of hydrogen-bond acceptors (Lipinski definition) is 4. The van der Waals surface area contributed by atoms with Crippen molar-refractivity contribution >= 4 is 45.6 Å². The molecule has 0 bridgehead atoms. The number of halogens is 1. The predicted molar refractivity (Wildman–Crippen MR) is 109 cm³/mol. The number of fused-ring (bicyclic) bond motifs is 1. The van der Waals surface area contributed by atoms with Crippen LogP contribution in [0.25, 0.3) is 11.3 Å². The maximum atomic E-state index is 12.6. The van der Waals surface area contributed by atoms with Gasteiger partial charge in [-0.25, -0.2) is 4.98 Å². The fourth-order valence-corrected chi connectivity index (χ4v) is 3.98. The molecule has 1 aromatic heterocycles. The first-order valence-corrected chi connectivity index (χ1v) is 9.66. The maximum Gasteiger partial charge on any atom is 0.257 e. The first kappa shape index (κ1) is 17.7. The zero-order valence-electron chi connectivity index (χ0n) is 14.5. The summed E-state index contributed by atoms with van der Waals surface area (Å²) in [5.74, 6) is -0.209. The number of benzene rings is 2. The molecule has 136 valence electrons. The number of hydrogen-bond donors (Lipinski definition) is 2. The highest BCUT2D eigenvalue weighted by molar-refractivity contribution is 7.16. The Morgan fingerprint density at radius 1 is 1.19 bits per heavy atom. The summed E-state index contributed by atoms with van der Waals surface area (Å²) in [4.78, 5) is 29.6. The minimum absolute atomic E-state index is 0.00712. The van der Waals surface area contributed by atoms with Gasteiger partial charge in [0.25, 0.3) is 5.91 Å².